The summed E-state index contributed by atoms with van der Waals surface area (Å²) < 4.78 is 0. The Labute approximate surface area is 119 Å². The van der Waals surface area contributed by atoms with Crippen molar-refractivity contribution in [2.24, 2.45) is 0 Å². The van der Waals surface area contributed by atoms with Crippen LogP contribution in [-0.4, -0.2) is 36.8 Å². The molecule has 5 nitrogen and oxygen atoms in total. The summed E-state index contributed by atoms with van der Waals surface area (Å²) in [6.07, 6.45) is 2.13. The van der Waals surface area contributed by atoms with Gasteiger partial charge >= 0.3 is 0 Å². The van der Waals surface area contributed by atoms with Crippen LogP contribution in [0.25, 0.3) is 0 Å². The molecule has 3 rings (SSSR count). The Kier molecular flexibility index (Phi) is 3.63. The number of anilines is 2. The van der Waals surface area contributed by atoms with Crippen LogP contribution in [0.2, 0.25) is 0 Å². The Hall–Kier alpha value is -1.59. The Morgan fingerprint density at radius 2 is 2.35 bits per heavy atom. The third kappa shape index (κ3) is 2.17. The first-order valence-corrected chi connectivity index (χ1v) is 7.30. The molecule has 2 atom stereocenters. The number of carbonyl (C=O) groups is 1. The van der Waals surface area contributed by atoms with Crippen LogP contribution in [0.4, 0.5) is 11.4 Å². The van der Waals surface area contributed by atoms with E-state index in [1.54, 1.807) is 0 Å². The molecule has 0 saturated carbocycles. The lowest BCUT2D eigenvalue weighted by Gasteiger charge is -2.25. The highest BCUT2D eigenvalue weighted by Crippen LogP contribution is 2.35. The number of hydrogen-bond donors (Lipinski definition) is 3. The van der Waals surface area contributed by atoms with Gasteiger partial charge in [-0.25, -0.2) is 0 Å². The highest BCUT2D eigenvalue weighted by Gasteiger charge is 2.31. The van der Waals surface area contributed by atoms with Crippen molar-refractivity contribution in [2.45, 2.75) is 31.8 Å². The predicted molar refractivity (Wildman–Crippen MR) is 78.9 cm³/mol. The van der Waals surface area contributed by atoms with Gasteiger partial charge in [0.15, 0.2) is 0 Å². The van der Waals surface area contributed by atoms with Crippen molar-refractivity contribution < 1.29 is 9.90 Å². The van der Waals surface area contributed by atoms with Crippen molar-refractivity contribution in [1.29, 1.82) is 0 Å². The van der Waals surface area contributed by atoms with Gasteiger partial charge in [-0.3, -0.25) is 4.79 Å². The summed E-state index contributed by atoms with van der Waals surface area (Å²) in [5.41, 5.74) is 2.99. The summed E-state index contributed by atoms with van der Waals surface area (Å²) in [4.78, 5) is 14.2. The average Bonchev–Trinajstić information content (AvgIpc) is 3.03. The van der Waals surface area contributed by atoms with E-state index in [1.807, 2.05) is 19.1 Å². The van der Waals surface area contributed by atoms with E-state index in [9.17, 15) is 9.90 Å². The third-order valence-corrected chi connectivity index (χ3v) is 4.20. The molecule has 0 aromatic heterocycles. The lowest BCUT2D eigenvalue weighted by Crippen LogP contribution is -2.31. The molecule has 108 valence electrons. The molecule has 1 aromatic rings. The summed E-state index contributed by atoms with van der Waals surface area (Å²) in [7, 11) is 0. The van der Waals surface area contributed by atoms with Gasteiger partial charge < -0.3 is 20.6 Å². The van der Waals surface area contributed by atoms with E-state index in [0.717, 1.165) is 42.9 Å². The highest BCUT2D eigenvalue weighted by atomic mass is 16.3. The summed E-state index contributed by atoms with van der Waals surface area (Å²) >= 11 is 0. The van der Waals surface area contributed by atoms with E-state index in [2.05, 4.69) is 21.6 Å². The van der Waals surface area contributed by atoms with Gasteiger partial charge in [0, 0.05) is 23.5 Å². The maximum Gasteiger partial charge on any atom is 0.246 e. The minimum absolute atomic E-state index is 0.0131. The van der Waals surface area contributed by atoms with Crippen molar-refractivity contribution in [3.63, 3.8) is 0 Å². The maximum atomic E-state index is 11.9. The number of likely N-dealkylation sites (N-methyl/N-ethyl adjacent to an activating group) is 1. The minimum Gasteiger partial charge on any atom is -0.394 e. The van der Waals surface area contributed by atoms with Crippen molar-refractivity contribution in [1.82, 2.24) is 5.32 Å². The molecular formula is C15H21N3O2. The van der Waals surface area contributed by atoms with Crippen LogP contribution in [0.1, 0.15) is 31.4 Å². The first-order valence-electron chi connectivity index (χ1n) is 7.30. The molecule has 3 N–H and O–H groups in total. The second kappa shape index (κ2) is 5.42. The number of benzene rings is 1. The van der Waals surface area contributed by atoms with Crippen LogP contribution >= 0.6 is 0 Å². The number of fused-ring (bicyclic) bond motifs is 1. The average molecular weight is 275 g/mol. The van der Waals surface area contributed by atoms with Gasteiger partial charge in [0.25, 0.3) is 0 Å². The molecule has 0 aliphatic carbocycles. The Morgan fingerprint density at radius 3 is 3.10 bits per heavy atom. The lowest BCUT2D eigenvalue weighted by molar-refractivity contribution is -0.117. The zero-order valence-corrected chi connectivity index (χ0v) is 11.7. The van der Waals surface area contributed by atoms with Crippen molar-refractivity contribution in [3.8, 4) is 0 Å². The Morgan fingerprint density at radius 1 is 1.50 bits per heavy atom. The normalized spacial score (nSPS) is 24.9. The molecule has 0 spiro atoms. The van der Waals surface area contributed by atoms with Crippen molar-refractivity contribution in [3.05, 3.63) is 23.8 Å². The van der Waals surface area contributed by atoms with Gasteiger partial charge in [-0.05, 0) is 31.5 Å². The number of carbonyl (C=O) groups excluding carboxylic acids is 1. The van der Waals surface area contributed by atoms with Crippen molar-refractivity contribution >= 4 is 17.3 Å². The SMILES string of the molecule is CCNC1C(=O)Nc2cc(N3CCCC3CO)ccc21. The smallest absolute Gasteiger partial charge is 0.246 e. The molecule has 0 radical (unpaired) electrons. The molecular weight excluding hydrogens is 254 g/mol. The number of nitrogens with zero attached hydrogens (tertiary/aromatic N) is 1. The minimum atomic E-state index is -0.240. The van der Waals surface area contributed by atoms with Crippen LogP contribution in [0.15, 0.2) is 18.2 Å². The molecule has 5 heteroatoms. The molecule has 20 heavy (non-hydrogen) atoms. The number of amides is 1. The number of rotatable bonds is 4. The van der Waals surface area contributed by atoms with Gasteiger partial charge in [0.1, 0.15) is 6.04 Å². The summed E-state index contributed by atoms with van der Waals surface area (Å²) in [6.45, 7) is 3.91. The summed E-state index contributed by atoms with van der Waals surface area (Å²) in [6, 6.07) is 6.06. The molecule has 1 aromatic carbocycles. The van der Waals surface area contributed by atoms with Gasteiger partial charge in [-0.15, -0.1) is 0 Å². The maximum absolute atomic E-state index is 11.9. The molecule has 1 saturated heterocycles. The summed E-state index contributed by atoms with van der Waals surface area (Å²) in [5.74, 6) is 0.0131. The van der Waals surface area contributed by atoms with E-state index < -0.39 is 0 Å². The Bertz CT molecular complexity index is 518. The van der Waals surface area contributed by atoms with E-state index in [-0.39, 0.29) is 24.6 Å². The fourth-order valence-electron chi connectivity index (χ4n) is 3.20. The second-order valence-corrected chi connectivity index (χ2v) is 5.42. The number of hydrogen-bond acceptors (Lipinski definition) is 4. The van der Waals surface area contributed by atoms with Gasteiger partial charge in [0.05, 0.1) is 12.6 Å². The zero-order valence-electron chi connectivity index (χ0n) is 11.7. The van der Waals surface area contributed by atoms with Crippen LogP contribution < -0.4 is 15.5 Å². The summed E-state index contributed by atoms with van der Waals surface area (Å²) in [5, 5.41) is 15.6. The topological polar surface area (TPSA) is 64.6 Å². The van der Waals surface area contributed by atoms with E-state index in [1.165, 1.54) is 0 Å². The van der Waals surface area contributed by atoms with Gasteiger partial charge in [-0.1, -0.05) is 13.0 Å². The fourth-order valence-corrected chi connectivity index (χ4v) is 3.20. The molecule has 2 aliphatic rings. The van der Waals surface area contributed by atoms with Crippen molar-refractivity contribution in [2.75, 3.05) is 29.9 Å². The fraction of sp³-hybridized carbons (Fsp3) is 0.533. The van der Waals surface area contributed by atoms with E-state index in [0.29, 0.717) is 0 Å². The molecule has 0 bridgehead atoms. The monoisotopic (exact) mass is 275 g/mol. The van der Waals surface area contributed by atoms with Gasteiger partial charge in [0.2, 0.25) is 5.91 Å². The molecule has 1 amide bonds. The van der Waals surface area contributed by atoms with E-state index >= 15 is 0 Å². The number of aliphatic hydroxyl groups is 1. The van der Waals surface area contributed by atoms with Gasteiger partial charge in [-0.2, -0.15) is 0 Å². The molecule has 2 heterocycles. The molecule has 2 aliphatic heterocycles. The number of nitrogens with one attached hydrogen (secondary N) is 2. The zero-order chi connectivity index (χ0) is 14.1. The van der Waals surface area contributed by atoms with Crippen LogP contribution in [0.3, 0.4) is 0 Å². The lowest BCUT2D eigenvalue weighted by atomic mass is 10.1. The van der Waals surface area contributed by atoms with E-state index in [4.69, 9.17) is 0 Å². The standard InChI is InChI=1S/C15H21N3O2/c1-2-16-14-12-6-5-10(8-13(12)17-15(14)20)18-7-3-4-11(18)9-19/h5-6,8,11,14,16,19H,2-4,7,9H2,1H3,(H,17,20). The third-order valence-electron chi connectivity index (χ3n) is 4.20. The largest absolute Gasteiger partial charge is 0.394 e. The van der Waals surface area contributed by atoms with Crippen LogP contribution in [-0.2, 0) is 4.79 Å². The van der Waals surface area contributed by atoms with Crippen LogP contribution in [0.5, 0.6) is 0 Å². The molecule has 2 unspecified atom stereocenters. The molecule has 1 fully saturated rings. The number of aliphatic hydroxyl groups excluding tert-OH is 1. The first-order chi connectivity index (χ1) is 9.74. The predicted octanol–water partition coefficient (Wildman–Crippen LogP) is 1.25. The van der Waals surface area contributed by atoms with Crippen LogP contribution in [0, 0.1) is 0 Å². The second-order valence-electron chi connectivity index (χ2n) is 5.42. The highest BCUT2D eigenvalue weighted by molar-refractivity contribution is 6.03. The quantitative estimate of drug-likeness (QED) is 0.774. The first kappa shape index (κ1) is 13.4. The Balaban J connectivity index is 1.88.